The zero-order valence-corrected chi connectivity index (χ0v) is 25.8. The number of rotatable bonds is 10. The molecule has 4 rings (SSSR count). The summed E-state index contributed by atoms with van der Waals surface area (Å²) in [6.07, 6.45) is 3.36. The van der Waals surface area contributed by atoms with Gasteiger partial charge in [0.15, 0.2) is 9.84 Å². The first-order valence-electron chi connectivity index (χ1n) is 13.3. The van der Waals surface area contributed by atoms with Gasteiger partial charge in [-0.1, -0.05) is 105 Å². The standard InChI is InChI=1S/C33H33ClF2O3SSi/c1-33(2,3)41(28-12-6-4-7-13-28,29-14-8-5-9-15-29)39-23-11-10-16-32(30-24-26(35)19-22-31(30)36)40(37,38)27-20-17-25(34)18-21-27/h4-15,17-22,24,32H,16,23H2,1-3H3. The summed E-state index contributed by atoms with van der Waals surface area (Å²) in [4.78, 5) is -0.0208. The molecule has 41 heavy (non-hydrogen) atoms. The van der Waals surface area contributed by atoms with Crippen molar-refractivity contribution in [1.29, 1.82) is 0 Å². The minimum absolute atomic E-state index is 0.0208. The molecular formula is C33H33ClF2O3SSi. The summed E-state index contributed by atoms with van der Waals surface area (Å²) < 4.78 is 63.1. The summed E-state index contributed by atoms with van der Waals surface area (Å²) in [5.41, 5.74) is -0.225. The van der Waals surface area contributed by atoms with E-state index in [0.717, 1.165) is 28.6 Å². The Morgan fingerprint density at radius 1 is 0.829 bits per heavy atom. The molecule has 0 spiro atoms. The number of hydrogen-bond acceptors (Lipinski definition) is 3. The van der Waals surface area contributed by atoms with Crippen molar-refractivity contribution >= 4 is 40.1 Å². The van der Waals surface area contributed by atoms with E-state index in [1.807, 2.05) is 36.4 Å². The third-order valence-electron chi connectivity index (χ3n) is 7.15. The number of allylic oxidation sites excluding steroid dienone is 1. The topological polar surface area (TPSA) is 43.4 Å². The summed E-state index contributed by atoms with van der Waals surface area (Å²) in [6.45, 7) is 6.73. The number of benzene rings is 4. The Bertz CT molecular complexity index is 1550. The zero-order chi connectivity index (χ0) is 29.7. The van der Waals surface area contributed by atoms with E-state index >= 15 is 0 Å². The third kappa shape index (κ3) is 6.70. The third-order valence-corrected chi connectivity index (χ3v) is 14.5. The smallest absolute Gasteiger partial charge is 0.261 e. The lowest BCUT2D eigenvalue weighted by molar-refractivity contribution is 0.339. The summed E-state index contributed by atoms with van der Waals surface area (Å²) in [7, 11) is -6.88. The Morgan fingerprint density at radius 2 is 1.39 bits per heavy atom. The van der Waals surface area contributed by atoms with Crippen LogP contribution in [0.25, 0.3) is 0 Å². The maximum Gasteiger partial charge on any atom is 0.261 e. The number of sulfone groups is 1. The normalized spacial score (nSPS) is 13.4. The molecule has 1 atom stereocenters. The van der Waals surface area contributed by atoms with Crippen molar-refractivity contribution in [3.63, 3.8) is 0 Å². The Morgan fingerprint density at radius 3 is 1.93 bits per heavy atom. The van der Waals surface area contributed by atoms with Crippen molar-refractivity contribution in [2.75, 3.05) is 6.61 Å². The Kier molecular flexibility index (Phi) is 9.65. The highest BCUT2D eigenvalue weighted by Crippen LogP contribution is 2.37. The Hall–Kier alpha value is -3.10. The molecule has 0 aliphatic rings. The van der Waals surface area contributed by atoms with Crippen molar-refractivity contribution in [3.8, 4) is 0 Å². The lowest BCUT2D eigenvalue weighted by atomic mass is 10.1. The zero-order valence-electron chi connectivity index (χ0n) is 23.2. The molecule has 4 aromatic rings. The van der Waals surface area contributed by atoms with E-state index in [4.69, 9.17) is 16.0 Å². The quantitative estimate of drug-likeness (QED) is 0.137. The molecule has 0 saturated carbocycles. The van der Waals surface area contributed by atoms with Gasteiger partial charge in [-0.3, -0.25) is 0 Å². The average Bonchev–Trinajstić information content (AvgIpc) is 2.95. The fraction of sp³-hybridized carbons (Fsp3) is 0.212. The highest BCUT2D eigenvalue weighted by atomic mass is 35.5. The monoisotopic (exact) mass is 610 g/mol. The minimum atomic E-state index is -4.08. The van der Waals surface area contributed by atoms with Gasteiger partial charge in [0.05, 0.1) is 16.8 Å². The van der Waals surface area contributed by atoms with Crippen LogP contribution in [0.1, 0.15) is 38.0 Å². The van der Waals surface area contributed by atoms with Crippen molar-refractivity contribution in [3.05, 3.63) is 138 Å². The molecule has 0 fully saturated rings. The van der Waals surface area contributed by atoms with Crippen LogP contribution in [0, 0.1) is 11.6 Å². The van der Waals surface area contributed by atoms with E-state index in [1.165, 1.54) is 24.3 Å². The van der Waals surface area contributed by atoms with E-state index in [0.29, 0.717) is 5.02 Å². The molecule has 1 unspecified atom stereocenters. The molecule has 8 heteroatoms. The fourth-order valence-electron chi connectivity index (χ4n) is 5.19. The highest BCUT2D eigenvalue weighted by Gasteiger charge is 2.49. The second-order valence-electron chi connectivity index (χ2n) is 10.8. The van der Waals surface area contributed by atoms with Gasteiger partial charge in [0.1, 0.15) is 11.6 Å². The minimum Gasteiger partial charge on any atom is -0.404 e. The predicted octanol–water partition coefficient (Wildman–Crippen LogP) is 7.66. The van der Waals surface area contributed by atoms with Crippen LogP contribution in [0.15, 0.2) is 120 Å². The van der Waals surface area contributed by atoms with E-state index < -0.39 is 35.0 Å². The fourth-order valence-corrected chi connectivity index (χ4v) is 11.5. The second-order valence-corrected chi connectivity index (χ2v) is 17.7. The van der Waals surface area contributed by atoms with Gasteiger partial charge in [0, 0.05) is 10.6 Å². The van der Waals surface area contributed by atoms with Gasteiger partial charge in [0.25, 0.3) is 8.32 Å². The van der Waals surface area contributed by atoms with E-state index in [-0.39, 0.29) is 28.5 Å². The molecule has 0 aliphatic heterocycles. The summed E-state index contributed by atoms with van der Waals surface area (Å²) in [5, 5.41) is 1.05. The van der Waals surface area contributed by atoms with E-state index in [1.54, 1.807) is 12.2 Å². The summed E-state index contributed by atoms with van der Waals surface area (Å²) >= 11 is 5.95. The van der Waals surface area contributed by atoms with Gasteiger partial charge in [-0.25, -0.2) is 17.2 Å². The summed E-state index contributed by atoms with van der Waals surface area (Å²) in [5.74, 6) is -1.50. The van der Waals surface area contributed by atoms with Crippen LogP contribution in [0.5, 0.6) is 0 Å². The van der Waals surface area contributed by atoms with Gasteiger partial charge in [-0.05, 0) is 64.3 Å². The Labute approximate surface area is 247 Å². The molecule has 0 aromatic heterocycles. The van der Waals surface area contributed by atoms with Gasteiger partial charge in [-0.15, -0.1) is 0 Å². The van der Waals surface area contributed by atoms with E-state index in [9.17, 15) is 17.2 Å². The highest BCUT2D eigenvalue weighted by molar-refractivity contribution is 7.91. The molecule has 0 aliphatic carbocycles. The van der Waals surface area contributed by atoms with Crippen LogP contribution in [0.3, 0.4) is 0 Å². The van der Waals surface area contributed by atoms with Crippen LogP contribution in [0.2, 0.25) is 10.1 Å². The molecule has 0 N–H and O–H groups in total. The predicted molar refractivity (Wildman–Crippen MR) is 165 cm³/mol. The molecular weight excluding hydrogens is 578 g/mol. The first kappa shape index (κ1) is 30.8. The second kappa shape index (κ2) is 12.8. The van der Waals surface area contributed by atoms with Crippen LogP contribution in [0.4, 0.5) is 8.78 Å². The molecule has 3 nitrogen and oxygen atoms in total. The van der Waals surface area contributed by atoms with Crippen LogP contribution >= 0.6 is 11.6 Å². The molecule has 214 valence electrons. The van der Waals surface area contributed by atoms with Crippen molar-refractivity contribution < 1.29 is 21.6 Å². The van der Waals surface area contributed by atoms with Crippen molar-refractivity contribution in [2.24, 2.45) is 0 Å². The van der Waals surface area contributed by atoms with Crippen molar-refractivity contribution in [1.82, 2.24) is 0 Å². The van der Waals surface area contributed by atoms with Crippen LogP contribution in [-0.2, 0) is 14.3 Å². The van der Waals surface area contributed by atoms with Gasteiger partial charge >= 0.3 is 0 Å². The number of hydrogen-bond donors (Lipinski definition) is 0. The number of halogens is 3. The largest absolute Gasteiger partial charge is 0.404 e. The average molecular weight is 611 g/mol. The molecule has 0 heterocycles. The molecule has 0 radical (unpaired) electrons. The van der Waals surface area contributed by atoms with E-state index in [2.05, 4.69) is 45.0 Å². The molecule has 0 amide bonds. The SMILES string of the molecule is CC(C)(C)[Si](OCC=CCC(c1cc(F)ccc1F)S(=O)(=O)c1ccc(Cl)cc1)(c1ccccc1)c1ccccc1. The van der Waals surface area contributed by atoms with Crippen molar-refractivity contribution in [2.45, 2.75) is 42.4 Å². The van der Waals surface area contributed by atoms with Crippen LogP contribution < -0.4 is 10.4 Å². The van der Waals surface area contributed by atoms with Gasteiger partial charge in [0.2, 0.25) is 0 Å². The molecule has 4 aromatic carbocycles. The lowest BCUT2D eigenvalue weighted by Crippen LogP contribution is -2.66. The van der Waals surface area contributed by atoms with Gasteiger partial charge < -0.3 is 4.43 Å². The molecule has 0 saturated heterocycles. The molecule has 0 bridgehead atoms. The lowest BCUT2D eigenvalue weighted by Gasteiger charge is -2.42. The first-order valence-corrected chi connectivity index (χ1v) is 17.1. The van der Waals surface area contributed by atoms with Gasteiger partial charge in [-0.2, -0.15) is 0 Å². The van der Waals surface area contributed by atoms with Crippen LogP contribution in [-0.4, -0.2) is 23.3 Å². The maximum absolute atomic E-state index is 14.9. The summed E-state index contributed by atoms with van der Waals surface area (Å²) in [6, 6.07) is 28.9. The Balaban J connectivity index is 1.66. The first-order chi connectivity index (χ1) is 19.5. The maximum atomic E-state index is 14.9.